The molecular formula is C27H29Cl2N3O4S. The molecule has 0 heterocycles. The van der Waals surface area contributed by atoms with Crippen LogP contribution in [0, 0.1) is 6.92 Å². The van der Waals surface area contributed by atoms with Gasteiger partial charge in [0.25, 0.3) is 10.0 Å². The molecule has 3 aromatic carbocycles. The zero-order valence-corrected chi connectivity index (χ0v) is 23.1. The number of benzene rings is 3. The molecule has 3 rings (SSSR count). The predicted octanol–water partition coefficient (Wildman–Crippen LogP) is 5.05. The quantitative estimate of drug-likeness (QED) is 0.375. The Morgan fingerprint density at radius 1 is 0.946 bits per heavy atom. The summed E-state index contributed by atoms with van der Waals surface area (Å²) in [6, 6.07) is 18.7. The highest BCUT2D eigenvalue weighted by Crippen LogP contribution is 2.26. The maximum Gasteiger partial charge on any atom is 0.264 e. The number of carbonyl (C=O) groups is 2. The average Bonchev–Trinajstić information content (AvgIpc) is 2.86. The zero-order valence-electron chi connectivity index (χ0n) is 20.8. The fourth-order valence-electron chi connectivity index (χ4n) is 3.71. The standard InChI is InChI=1S/C27H29Cl2N3O4S/c1-4-30-27(34)20(3)31(17-21-6-5-7-23(29)16-21)26(33)18-32(24-12-8-19(2)9-13-24)37(35,36)25-14-10-22(28)11-15-25/h5-16,20H,4,17-18H2,1-3H3,(H,30,34)/t20-/m0/s1. The zero-order chi connectivity index (χ0) is 27.2. The Balaban J connectivity index is 2.02. The molecule has 37 heavy (non-hydrogen) atoms. The van der Waals surface area contributed by atoms with Crippen LogP contribution in [0.3, 0.4) is 0 Å². The predicted molar refractivity (Wildman–Crippen MR) is 147 cm³/mol. The lowest BCUT2D eigenvalue weighted by Crippen LogP contribution is -2.51. The van der Waals surface area contributed by atoms with Crippen molar-refractivity contribution in [3.8, 4) is 0 Å². The fourth-order valence-corrected chi connectivity index (χ4v) is 5.46. The largest absolute Gasteiger partial charge is 0.355 e. The number of nitrogens with one attached hydrogen (secondary N) is 1. The minimum atomic E-state index is -4.14. The highest BCUT2D eigenvalue weighted by Gasteiger charge is 2.32. The van der Waals surface area contributed by atoms with E-state index in [4.69, 9.17) is 23.2 Å². The molecule has 1 N–H and O–H groups in total. The van der Waals surface area contributed by atoms with Crippen molar-refractivity contribution >= 4 is 50.7 Å². The second-order valence-corrected chi connectivity index (χ2v) is 11.3. The van der Waals surface area contributed by atoms with Gasteiger partial charge in [-0.25, -0.2) is 8.42 Å². The van der Waals surface area contributed by atoms with Crippen LogP contribution in [0.4, 0.5) is 5.69 Å². The minimum Gasteiger partial charge on any atom is -0.355 e. The molecule has 1 atom stereocenters. The lowest BCUT2D eigenvalue weighted by atomic mass is 10.1. The van der Waals surface area contributed by atoms with E-state index < -0.39 is 28.5 Å². The van der Waals surface area contributed by atoms with Gasteiger partial charge < -0.3 is 10.2 Å². The van der Waals surface area contributed by atoms with Crippen LogP contribution >= 0.6 is 23.2 Å². The van der Waals surface area contributed by atoms with Gasteiger partial charge in [-0.2, -0.15) is 0 Å². The van der Waals surface area contributed by atoms with Crippen molar-refractivity contribution in [3.63, 3.8) is 0 Å². The number of amides is 2. The number of hydrogen-bond donors (Lipinski definition) is 1. The molecule has 196 valence electrons. The normalized spacial score (nSPS) is 12.0. The Morgan fingerprint density at radius 3 is 2.19 bits per heavy atom. The molecule has 0 saturated carbocycles. The first-order chi connectivity index (χ1) is 17.5. The second-order valence-electron chi connectivity index (χ2n) is 8.52. The molecular weight excluding hydrogens is 533 g/mol. The molecule has 0 fully saturated rings. The number of hydrogen-bond acceptors (Lipinski definition) is 4. The third-order valence-electron chi connectivity index (χ3n) is 5.76. The molecule has 0 saturated heterocycles. The van der Waals surface area contributed by atoms with Crippen molar-refractivity contribution in [1.82, 2.24) is 10.2 Å². The number of nitrogens with zero attached hydrogens (tertiary/aromatic N) is 2. The number of sulfonamides is 1. The SMILES string of the molecule is CCNC(=O)[C@H](C)N(Cc1cccc(Cl)c1)C(=O)CN(c1ccc(C)cc1)S(=O)(=O)c1ccc(Cl)cc1. The van der Waals surface area contributed by atoms with E-state index in [-0.39, 0.29) is 17.3 Å². The second kappa shape index (κ2) is 12.4. The summed E-state index contributed by atoms with van der Waals surface area (Å²) in [7, 11) is -4.14. The van der Waals surface area contributed by atoms with Crippen LogP contribution < -0.4 is 9.62 Å². The number of aryl methyl sites for hydroxylation is 1. The first-order valence-electron chi connectivity index (χ1n) is 11.7. The summed E-state index contributed by atoms with van der Waals surface area (Å²) in [6.45, 7) is 5.22. The third-order valence-corrected chi connectivity index (χ3v) is 8.04. The first kappa shape index (κ1) is 28.5. The smallest absolute Gasteiger partial charge is 0.264 e. The van der Waals surface area contributed by atoms with Gasteiger partial charge in [-0.15, -0.1) is 0 Å². The monoisotopic (exact) mass is 561 g/mol. The Morgan fingerprint density at radius 2 is 1.59 bits per heavy atom. The van der Waals surface area contributed by atoms with Crippen LogP contribution in [0.5, 0.6) is 0 Å². The van der Waals surface area contributed by atoms with E-state index in [1.807, 2.05) is 6.92 Å². The van der Waals surface area contributed by atoms with E-state index in [2.05, 4.69) is 5.32 Å². The molecule has 0 aliphatic carbocycles. The van der Waals surface area contributed by atoms with Crippen LogP contribution in [-0.2, 0) is 26.2 Å². The summed E-state index contributed by atoms with van der Waals surface area (Å²) in [6.07, 6.45) is 0. The van der Waals surface area contributed by atoms with Gasteiger partial charge in [0.15, 0.2) is 0 Å². The van der Waals surface area contributed by atoms with Gasteiger partial charge in [0.1, 0.15) is 12.6 Å². The van der Waals surface area contributed by atoms with Crippen LogP contribution in [0.15, 0.2) is 77.7 Å². The molecule has 0 aliphatic rings. The summed E-state index contributed by atoms with van der Waals surface area (Å²) in [5.74, 6) is -0.892. The number of rotatable bonds is 10. The molecule has 3 aromatic rings. The molecule has 0 aromatic heterocycles. The Labute approximate surface area is 228 Å². The van der Waals surface area contributed by atoms with Crippen LogP contribution in [0.25, 0.3) is 0 Å². The van der Waals surface area contributed by atoms with Crippen molar-refractivity contribution in [3.05, 3.63) is 94.0 Å². The van der Waals surface area contributed by atoms with Gasteiger partial charge in [0.05, 0.1) is 10.6 Å². The molecule has 7 nitrogen and oxygen atoms in total. The molecule has 0 bridgehead atoms. The Bertz CT molecular complexity index is 1350. The minimum absolute atomic E-state index is 0.0107. The van der Waals surface area contributed by atoms with Gasteiger partial charge in [-0.05, 0) is 74.9 Å². The van der Waals surface area contributed by atoms with Crippen molar-refractivity contribution in [2.24, 2.45) is 0 Å². The van der Waals surface area contributed by atoms with Crippen LogP contribution in [0.1, 0.15) is 25.0 Å². The van der Waals surface area contributed by atoms with Crippen LogP contribution in [-0.4, -0.2) is 44.3 Å². The van der Waals surface area contributed by atoms with E-state index in [9.17, 15) is 18.0 Å². The van der Waals surface area contributed by atoms with Crippen molar-refractivity contribution in [2.75, 3.05) is 17.4 Å². The van der Waals surface area contributed by atoms with E-state index in [0.29, 0.717) is 27.8 Å². The fraction of sp³-hybridized carbons (Fsp3) is 0.259. The molecule has 0 spiro atoms. The maximum absolute atomic E-state index is 13.8. The third kappa shape index (κ3) is 7.25. The average molecular weight is 563 g/mol. The number of carbonyl (C=O) groups excluding carboxylic acids is 2. The van der Waals surface area contributed by atoms with E-state index in [0.717, 1.165) is 9.87 Å². The molecule has 0 aliphatic heterocycles. The number of halogens is 2. The summed E-state index contributed by atoms with van der Waals surface area (Å²) < 4.78 is 28.5. The van der Waals surface area contributed by atoms with Crippen LogP contribution in [0.2, 0.25) is 10.0 Å². The maximum atomic E-state index is 13.8. The Hall–Kier alpha value is -3.07. The summed E-state index contributed by atoms with van der Waals surface area (Å²) in [5.41, 5.74) is 1.97. The van der Waals surface area contributed by atoms with E-state index in [1.165, 1.54) is 29.2 Å². The number of likely N-dealkylation sites (N-methyl/N-ethyl adjacent to an activating group) is 1. The highest BCUT2D eigenvalue weighted by atomic mass is 35.5. The van der Waals surface area contributed by atoms with Gasteiger partial charge >= 0.3 is 0 Å². The van der Waals surface area contributed by atoms with Gasteiger partial charge in [-0.1, -0.05) is 53.0 Å². The van der Waals surface area contributed by atoms with Crippen molar-refractivity contribution in [1.29, 1.82) is 0 Å². The molecule has 0 radical (unpaired) electrons. The summed E-state index contributed by atoms with van der Waals surface area (Å²) >= 11 is 12.1. The summed E-state index contributed by atoms with van der Waals surface area (Å²) in [5, 5.41) is 3.60. The summed E-state index contributed by atoms with van der Waals surface area (Å²) in [4.78, 5) is 27.8. The lowest BCUT2D eigenvalue weighted by molar-refractivity contribution is -0.139. The van der Waals surface area contributed by atoms with E-state index >= 15 is 0 Å². The van der Waals surface area contributed by atoms with Crippen molar-refractivity contribution < 1.29 is 18.0 Å². The molecule has 10 heteroatoms. The number of anilines is 1. The molecule has 0 unspecified atom stereocenters. The van der Waals surface area contributed by atoms with Gasteiger partial charge in [0.2, 0.25) is 11.8 Å². The van der Waals surface area contributed by atoms with Gasteiger partial charge in [0, 0.05) is 23.1 Å². The van der Waals surface area contributed by atoms with E-state index in [1.54, 1.807) is 62.4 Å². The molecule has 2 amide bonds. The lowest BCUT2D eigenvalue weighted by Gasteiger charge is -2.32. The topological polar surface area (TPSA) is 86.8 Å². The first-order valence-corrected chi connectivity index (χ1v) is 13.9. The highest BCUT2D eigenvalue weighted by molar-refractivity contribution is 7.92. The van der Waals surface area contributed by atoms with Crippen molar-refractivity contribution in [2.45, 2.75) is 38.3 Å². The van der Waals surface area contributed by atoms with Gasteiger partial charge in [-0.3, -0.25) is 13.9 Å². The Kier molecular flexibility index (Phi) is 9.59.